The normalized spacial score (nSPS) is 19.3. The van der Waals surface area contributed by atoms with Gasteiger partial charge in [-0.2, -0.15) is 0 Å². The quantitative estimate of drug-likeness (QED) is 0.354. The molecule has 1 amide bonds. The molecule has 0 bridgehead atoms. The molecule has 3 aliphatic rings. The number of aromatic nitrogens is 1. The van der Waals surface area contributed by atoms with Crippen LogP contribution in [0.4, 0.5) is 4.79 Å². The summed E-state index contributed by atoms with van der Waals surface area (Å²) in [6.45, 7) is 7.83. The van der Waals surface area contributed by atoms with E-state index in [1.165, 1.54) is 24.8 Å². The van der Waals surface area contributed by atoms with Crippen LogP contribution in [0.15, 0.2) is 36.4 Å². The molecule has 8 nitrogen and oxygen atoms in total. The van der Waals surface area contributed by atoms with Crippen LogP contribution in [0.25, 0.3) is 22.2 Å². The summed E-state index contributed by atoms with van der Waals surface area (Å²) in [5.41, 5.74) is 4.19. The number of benzene rings is 2. The van der Waals surface area contributed by atoms with Crippen LogP contribution in [0.3, 0.4) is 0 Å². The van der Waals surface area contributed by atoms with E-state index in [0.29, 0.717) is 43.5 Å². The Bertz CT molecular complexity index is 1460. The van der Waals surface area contributed by atoms with Gasteiger partial charge in [-0.15, -0.1) is 0 Å². The number of likely N-dealkylation sites (tertiary alicyclic amines) is 1. The van der Waals surface area contributed by atoms with Crippen LogP contribution in [-0.4, -0.2) is 58.0 Å². The fourth-order valence-corrected chi connectivity index (χ4v) is 6.75. The van der Waals surface area contributed by atoms with E-state index in [4.69, 9.17) is 14.2 Å². The standard InChI is InChI=1S/C33H40N2O6/c1-33(2,3)41-32(38)34-15-7-10-23(34)20-40-24-12-14-26-28(19-24)39-17-16-35-27-18-22(31(36)37)11-13-25(27)29(30(26)35)21-8-5-4-6-9-21/h11-14,18-19,21,23H,4-10,15-17,20H2,1-3H3,(H,36,37)/t23-/m0/s1. The van der Waals surface area contributed by atoms with Gasteiger partial charge in [0.1, 0.15) is 30.3 Å². The summed E-state index contributed by atoms with van der Waals surface area (Å²) in [5, 5.41) is 10.8. The van der Waals surface area contributed by atoms with Crippen molar-refractivity contribution in [1.82, 2.24) is 9.47 Å². The zero-order chi connectivity index (χ0) is 28.7. The third-order valence-corrected chi connectivity index (χ3v) is 8.59. The van der Waals surface area contributed by atoms with Crippen LogP contribution in [0.1, 0.15) is 87.6 Å². The van der Waals surface area contributed by atoms with Gasteiger partial charge < -0.3 is 28.8 Å². The van der Waals surface area contributed by atoms with Gasteiger partial charge in [0.15, 0.2) is 0 Å². The molecule has 1 N–H and O–H groups in total. The van der Waals surface area contributed by atoms with Crippen molar-refractivity contribution in [3.8, 4) is 22.8 Å². The predicted molar refractivity (Wildman–Crippen MR) is 157 cm³/mol. The van der Waals surface area contributed by atoms with Crippen molar-refractivity contribution in [2.24, 2.45) is 0 Å². The molecule has 0 radical (unpaired) electrons. The number of aromatic carboxylic acids is 1. The predicted octanol–water partition coefficient (Wildman–Crippen LogP) is 7.22. The largest absolute Gasteiger partial charge is 0.491 e. The molecule has 3 heterocycles. The van der Waals surface area contributed by atoms with Crippen LogP contribution in [-0.2, 0) is 11.3 Å². The van der Waals surface area contributed by atoms with Gasteiger partial charge >= 0.3 is 12.1 Å². The van der Waals surface area contributed by atoms with Crippen molar-refractivity contribution in [3.63, 3.8) is 0 Å². The second-order valence-corrected chi connectivity index (χ2v) is 12.6. The Balaban J connectivity index is 1.32. The molecule has 0 unspecified atom stereocenters. The number of amides is 1. The molecule has 1 aromatic heterocycles. The first kappa shape index (κ1) is 27.5. The zero-order valence-corrected chi connectivity index (χ0v) is 24.3. The van der Waals surface area contributed by atoms with E-state index in [-0.39, 0.29) is 12.1 Å². The molecule has 2 aromatic carbocycles. The summed E-state index contributed by atoms with van der Waals surface area (Å²) < 4.78 is 20.4. The van der Waals surface area contributed by atoms with Gasteiger partial charge in [0.2, 0.25) is 0 Å². The average Bonchev–Trinajstić information content (AvgIpc) is 3.49. The molecule has 2 aliphatic heterocycles. The summed E-state index contributed by atoms with van der Waals surface area (Å²) in [6.07, 6.45) is 7.48. The number of carboxylic acid groups (broad SMARTS) is 1. The number of carbonyl (C=O) groups is 2. The van der Waals surface area contributed by atoms with Crippen molar-refractivity contribution in [3.05, 3.63) is 47.5 Å². The Morgan fingerprint density at radius 2 is 1.80 bits per heavy atom. The van der Waals surface area contributed by atoms with Crippen LogP contribution >= 0.6 is 0 Å². The molecular weight excluding hydrogens is 520 g/mol. The first-order chi connectivity index (χ1) is 19.7. The summed E-state index contributed by atoms with van der Waals surface area (Å²) in [5.74, 6) is 0.995. The lowest BCUT2D eigenvalue weighted by Crippen LogP contribution is -2.42. The van der Waals surface area contributed by atoms with Gasteiger partial charge in [0, 0.05) is 29.1 Å². The lowest BCUT2D eigenvalue weighted by Gasteiger charge is -2.28. The molecule has 1 aliphatic carbocycles. The molecule has 41 heavy (non-hydrogen) atoms. The van der Waals surface area contributed by atoms with Crippen LogP contribution in [0.5, 0.6) is 11.5 Å². The van der Waals surface area contributed by atoms with Crippen molar-refractivity contribution in [2.45, 2.75) is 89.8 Å². The minimum atomic E-state index is -0.916. The van der Waals surface area contributed by atoms with E-state index in [0.717, 1.165) is 53.6 Å². The number of hydrogen-bond acceptors (Lipinski definition) is 5. The van der Waals surface area contributed by atoms with Crippen molar-refractivity contribution >= 4 is 23.0 Å². The molecule has 1 saturated heterocycles. The number of hydrogen-bond donors (Lipinski definition) is 1. The number of carboxylic acids is 1. The van der Waals surface area contributed by atoms with Gasteiger partial charge in [-0.3, -0.25) is 0 Å². The Kier molecular flexibility index (Phi) is 7.34. The smallest absolute Gasteiger partial charge is 0.410 e. The highest BCUT2D eigenvalue weighted by molar-refractivity contribution is 5.98. The van der Waals surface area contributed by atoms with Gasteiger partial charge in [-0.05, 0) is 82.2 Å². The fraction of sp³-hybridized carbons (Fsp3) is 0.515. The van der Waals surface area contributed by atoms with Gasteiger partial charge in [0.25, 0.3) is 0 Å². The van der Waals surface area contributed by atoms with Crippen LogP contribution in [0, 0.1) is 0 Å². The molecule has 0 spiro atoms. The van der Waals surface area contributed by atoms with Crippen molar-refractivity contribution in [1.29, 1.82) is 0 Å². The highest BCUT2D eigenvalue weighted by Crippen LogP contribution is 2.47. The maximum Gasteiger partial charge on any atom is 0.410 e. The third kappa shape index (κ3) is 5.48. The Hall–Kier alpha value is -3.68. The fourth-order valence-electron chi connectivity index (χ4n) is 6.75. The molecule has 6 rings (SSSR count). The summed E-state index contributed by atoms with van der Waals surface area (Å²) in [6, 6.07) is 11.5. The van der Waals surface area contributed by atoms with Gasteiger partial charge in [-0.1, -0.05) is 25.3 Å². The van der Waals surface area contributed by atoms with Gasteiger partial charge in [0.05, 0.1) is 23.8 Å². The van der Waals surface area contributed by atoms with Crippen molar-refractivity contribution in [2.75, 3.05) is 19.8 Å². The second kappa shape index (κ2) is 11.0. The number of nitrogens with zero attached hydrogens (tertiary/aromatic N) is 2. The molecule has 1 saturated carbocycles. The lowest BCUT2D eigenvalue weighted by atomic mass is 9.81. The molecule has 8 heteroatoms. The van der Waals surface area contributed by atoms with E-state index >= 15 is 0 Å². The summed E-state index contributed by atoms with van der Waals surface area (Å²) in [4.78, 5) is 26.3. The zero-order valence-electron chi connectivity index (χ0n) is 24.3. The number of rotatable bonds is 5. The SMILES string of the molecule is CC(C)(C)OC(=O)N1CCC[C@H]1COc1ccc2c(c1)OCCn1c-2c(C2CCCCC2)c2ccc(C(=O)O)cc21. The lowest BCUT2D eigenvalue weighted by molar-refractivity contribution is 0.0187. The molecule has 3 aromatic rings. The van der Waals surface area contributed by atoms with Crippen LogP contribution < -0.4 is 9.47 Å². The monoisotopic (exact) mass is 560 g/mol. The minimum Gasteiger partial charge on any atom is -0.491 e. The minimum absolute atomic E-state index is 0.0338. The first-order valence-electron chi connectivity index (χ1n) is 15.0. The molecular formula is C33H40N2O6. The van der Waals surface area contributed by atoms with E-state index in [1.807, 2.05) is 45.0 Å². The maximum absolute atomic E-state index is 12.7. The van der Waals surface area contributed by atoms with Gasteiger partial charge in [-0.25, -0.2) is 9.59 Å². The summed E-state index contributed by atoms with van der Waals surface area (Å²) >= 11 is 0. The Morgan fingerprint density at radius 1 is 1.00 bits per heavy atom. The second-order valence-electron chi connectivity index (χ2n) is 12.6. The van der Waals surface area contributed by atoms with Crippen LogP contribution in [0.2, 0.25) is 0 Å². The highest BCUT2D eigenvalue weighted by Gasteiger charge is 2.33. The van der Waals surface area contributed by atoms with Crippen molar-refractivity contribution < 1.29 is 28.9 Å². The van der Waals surface area contributed by atoms with E-state index in [9.17, 15) is 14.7 Å². The highest BCUT2D eigenvalue weighted by atomic mass is 16.6. The first-order valence-corrected chi connectivity index (χ1v) is 15.0. The van der Waals surface area contributed by atoms with E-state index in [1.54, 1.807) is 11.0 Å². The maximum atomic E-state index is 12.7. The average molecular weight is 561 g/mol. The molecule has 2 fully saturated rings. The number of fused-ring (bicyclic) bond motifs is 5. The third-order valence-electron chi connectivity index (χ3n) is 8.59. The molecule has 218 valence electrons. The summed E-state index contributed by atoms with van der Waals surface area (Å²) in [7, 11) is 0. The van der Waals surface area contributed by atoms with E-state index < -0.39 is 11.6 Å². The Labute approximate surface area is 241 Å². The number of carbonyl (C=O) groups excluding carboxylic acids is 1. The molecule has 1 atom stereocenters. The number of ether oxygens (including phenoxy) is 3. The Morgan fingerprint density at radius 3 is 2.56 bits per heavy atom. The topological polar surface area (TPSA) is 90.2 Å². The van der Waals surface area contributed by atoms with E-state index in [2.05, 4.69) is 10.6 Å².